The molecule has 0 aliphatic carbocycles. The number of nitrogens with zero attached hydrogens (tertiary/aromatic N) is 1. The molecule has 1 N–H and O–H groups in total. The van der Waals surface area contributed by atoms with Crippen LogP contribution in [0.1, 0.15) is 70.7 Å². The fourth-order valence-corrected chi connectivity index (χ4v) is 2.87. The summed E-state index contributed by atoms with van der Waals surface area (Å²) in [5, 5.41) is 4.84. The zero-order chi connectivity index (χ0) is 14.5. The highest BCUT2D eigenvalue weighted by Crippen LogP contribution is 2.26. The Morgan fingerprint density at radius 1 is 1.21 bits per heavy atom. The number of hydrogen-bond acceptors (Lipinski definition) is 3. The topological polar surface area (TPSA) is 24.9 Å². The summed E-state index contributed by atoms with van der Waals surface area (Å²) < 4.78 is 0. The Morgan fingerprint density at radius 3 is 2.42 bits per heavy atom. The minimum Gasteiger partial charge on any atom is -0.309 e. The van der Waals surface area contributed by atoms with Crippen LogP contribution < -0.4 is 5.32 Å². The molecule has 1 unspecified atom stereocenters. The molecule has 0 fully saturated rings. The monoisotopic (exact) mass is 282 g/mol. The first-order chi connectivity index (χ1) is 8.79. The Kier molecular flexibility index (Phi) is 6.48. The molecule has 1 atom stereocenters. The summed E-state index contributed by atoms with van der Waals surface area (Å²) in [6, 6.07) is 0.596. The van der Waals surface area contributed by atoms with Crippen molar-refractivity contribution >= 4 is 11.3 Å². The average Bonchev–Trinajstić information content (AvgIpc) is 2.74. The van der Waals surface area contributed by atoms with Crippen LogP contribution in [0.4, 0.5) is 0 Å². The zero-order valence-electron chi connectivity index (χ0n) is 13.4. The highest BCUT2D eigenvalue weighted by atomic mass is 32.1. The van der Waals surface area contributed by atoms with Crippen LogP contribution in [0.3, 0.4) is 0 Å². The summed E-state index contributed by atoms with van der Waals surface area (Å²) >= 11 is 1.84. The van der Waals surface area contributed by atoms with E-state index < -0.39 is 0 Å². The van der Waals surface area contributed by atoms with Gasteiger partial charge in [0.25, 0.3) is 0 Å². The van der Waals surface area contributed by atoms with E-state index >= 15 is 0 Å². The molecule has 0 saturated heterocycles. The summed E-state index contributed by atoms with van der Waals surface area (Å²) in [4.78, 5) is 5.88. The van der Waals surface area contributed by atoms with Gasteiger partial charge in [-0.3, -0.25) is 0 Å². The normalized spacial score (nSPS) is 14.1. The van der Waals surface area contributed by atoms with E-state index in [4.69, 9.17) is 0 Å². The summed E-state index contributed by atoms with van der Waals surface area (Å²) in [7, 11) is 0. The van der Waals surface area contributed by atoms with Crippen molar-refractivity contribution in [1.82, 2.24) is 10.3 Å². The number of hydrogen-bond donors (Lipinski definition) is 1. The molecule has 0 amide bonds. The molecule has 0 aliphatic rings. The maximum Gasteiger partial charge on any atom is 0.0981 e. The van der Waals surface area contributed by atoms with Crippen molar-refractivity contribution in [2.24, 2.45) is 5.92 Å². The maximum absolute atomic E-state index is 4.53. The lowest BCUT2D eigenvalue weighted by molar-refractivity contribution is 0.458. The van der Waals surface area contributed by atoms with E-state index in [1.165, 1.54) is 29.1 Å². The second-order valence-corrected chi connectivity index (χ2v) is 8.10. The van der Waals surface area contributed by atoms with Gasteiger partial charge in [-0.15, -0.1) is 11.3 Å². The van der Waals surface area contributed by atoms with Gasteiger partial charge < -0.3 is 5.32 Å². The van der Waals surface area contributed by atoms with E-state index in [2.05, 4.69) is 51.8 Å². The fourth-order valence-electron chi connectivity index (χ4n) is 1.95. The Hall–Kier alpha value is -0.410. The van der Waals surface area contributed by atoms with Crippen molar-refractivity contribution in [2.75, 3.05) is 0 Å². The van der Waals surface area contributed by atoms with Gasteiger partial charge in [0, 0.05) is 29.1 Å². The van der Waals surface area contributed by atoms with E-state index in [1.54, 1.807) is 0 Å². The molecule has 0 saturated carbocycles. The van der Waals surface area contributed by atoms with Crippen molar-refractivity contribution < 1.29 is 0 Å². The third-order valence-electron chi connectivity index (χ3n) is 3.24. The van der Waals surface area contributed by atoms with Crippen LogP contribution >= 0.6 is 11.3 Å². The smallest absolute Gasteiger partial charge is 0.0981 e. The molecule has 3 heteroatoms. The SMILES string of the molecule is CC(C)CCCC(C)NCc1cnc(C(C)(C)C)s1. The second kappa shape index (κ2) is 7.39. The van der Waals surface area contributed by atoms with Crippen molar-refractivity contribution in [2.45, 2.75) is 78.8 Å². The van der Waals surface area contributed by atoms with Gasteiger partial charge in [-0.1, -0.05) is 47.5 Å². The molecule has 110 valence electrons. The summed E-state index contributed by atoms with van der Waals surface area (Å²) in [6.45, 7) is 14.5. The third kappa shape index (κ3) is 6.53. The molecule has 19 heavy (non-hydrogen) atoms. The summed E-state index contributed by atoms with van der Waals surface area (Å²) in [5.74, 6) is 0.822. The standard InChI is InChI=1S/C16H30N2S/c1-12(2)8-7-9-13(3)17-10-14-11-18-15(19-14)16(4,5)6/h11-13,17H,7-10H2,1-6H3. The summed E-state index contributed by atoms with van der Waals surface area (Å²) in [6.07, 6.45) is 5.95. The van der Waals surface area contributed by atoms with E-state index in [-0.39, 0.29) is 5.41 Å². The van der Waals surface area contributed by atoms with Crippen LogP contribution in [0.5, 0.6) is 0 Å². The molecule has 1 rings (SSSR count). The minimum absolute atomic E-state index is 0.172. The average molecular weight is 282 g/mol. The predicted octanol–water partition coefficient (Wildman–Crippen LogP) is 4.75. The molecule has 1 aromatic rings. The van der Waals surface area contributed by atoms with Gasteiger partial charge in [-0.05, 0) is 19.3 Å². The highest BCUT2D eigenvalue weighted by Gasteiger charge is 2.17. The molecule has 0 radical (unpaired) electrons. The summed E-state index contributed by atoms with van der Waals surface area (Å²) in [5.41, 5.74) is 0.172. The molecule has 1 heterocycles. The first-order valence-corrected chi connectivity index (χ1v) is 8.29. The van der Waals surface area contributed by atoms with Gasteiger partial charge in [0.15, 0.2) is 0 Å². The van der Waals surface area contributed by atoms with Gasteiger partial charge in [0.1, 0.15) is 0 Å². The highest BCUT2D eigenvalue weighted by molar-refractivity contribution is 7.11. The number of aromatic nitrogens is 1. The van der Waals surface area contributed by atoms with Crippen molar-refractivity contribution in [3.63, 3.8) is 0 Å². The fraction of sp³-hybridized carbons (Fsp3) is 0.812. The molecular formula is C16H30N2S. The lowest BCUT2D eigenvalue weighted by Gasteiger charge is -2.14. The minimum atomic E-state index is 0.172. The van der Waals surface area contributed by atoms with Gasteiger partial charge in [-0.2, -0.15) is 0 Å². The van der Waals surface area contributed by atoms with E-state index in [9.17, 15) is 0 Å². The molecule has 2 nitrogen and oxygen atoms in total. The van der Waals surface area contributed by atoms with Gasteiger partial charge >= 0.3 is 0 Å². The molecule has 0 aromatic carbocycles. The Balaban J connectivity index is 2.30. The molecule has 0 bridgehead atoms. The van der Waals surface area contributed by atoms with Crippen molar-refractivity contribution in [3.05, 3.63) is 16.1 Å². The first kappa shape index (κ1) is 16.6. The number of rotatable bonds is 7. The van der Waals surface area contributed by atoms with Crippen molar-refractivity contribution in [3.8, 4) is 0 Å². The lowest BCUT2D eigenvalue weighted by atomic mass is 9.98. The van der Waals surface area contributed by atoms with Crippen LogP contribution in [0, 0.1) is 5.92 Å². The van der Waals surface area contributed by atoms with Gasteiger partial charge in [0.05, 0.1) is 5.01 Å². The molecule has 0 aliphatic heterocycles. The van der Waals surface area contributed by atoms with Crippen LogP contribution in [0.25, 0.3) is 0 Å². The van der Waals surface area contributed by atoms with Gasteiger partial charge in [-0.25, -0.2) is 4.98 Å². The van der Waals surface area contributed by atoms with Crippen LogP contribution in [-0.2, 0) is 12.0 Å². The first-order valence-electron chi connectivity index (χ1n) is 7.47. The zero-order valence-corrected chi connectivity index (χ0v) is 14.2. The Labute approximate surface area is 123 Å². The Bertz CT molecular complexity index is 363. The molecule has 1 aromatic heterocycles. The van der Waals surface area contributed by atoms with Crippen molar-refractivity contribution in [1.29, 1.82) is 0 Å². The number of nitrogens with one attached hydrogen (secondary N) is 1. The predicted molar refractivity (Wildman–Crippen MR) is 85.8 cm³/mol. The second-order valence-electron chi connectivity index (χ2n) is 6.99. The quantitative estimate of drug-likeness (QED) is 0.781. The van der Waals surface area contributed by atoms with Gasteiger partial charge in [0.2, 0.25) is 0 Å². The largest absolute Gasteiger partial charge is 0.309 e. The number of thiazole rings is 1. The lowest BCUT2D eigenvalue weighted by Crippen LogP contribution is -2.25. The van der Waals surface area contributed by atoms with E-state index in [1.807, 2.05) is 17.5 Å². The van der Waals surface area contributed by atoms with Crippen LogP contribution in [0.15, 0.2) is 6.20 Å². The van der Waals surface area contributed by atoms with Crippen LogP contribution in [-0.4, -0.2) is 11.0 Å². The molecule has 0 spiro atoms. The Morgan fingerprint density at radius 2 is 1.89 bits per heavy atom. The van der Waals surface area contributed by atoms with Crippen LogP contribution in [0.2, 0.25) is 0 Å². The maximum atomic E-state index is 4.53. The third-order valence-corrected chi connectivity index (χ3v) is 4.66. The molecular weight excluding hydrogens is 252 g/mol. The van der Waals surface area contributed by atoms with E-state index in [0.717, 1.165) is 12.5 Å². The van der Waals surface area contributed by atoms with E-state index in [0.29, 0.717) is 6.04 Å².